The van der Waals surface area contributed by atoms with Crippen LogP contribution in [0.2, 0.25) is 5.02 Å². The molecule has 0 aliphatic carbocycles. The van der Waals surface area contributed by atoms with Crippen LogP contribution in [0.25, 0.3) is 0 Å². The summed E-state index contributed by atoms with van der Waals surface area (Å²) in [5, 5.41) is 0.0653. The summed E-state index contributed by atoms with van der Waals surface area (Å²) < 4.78 is 14.0. The molecule has 1 heterocycles. The molecular weight excluding hydrogens is 305 g/mol. The van der Waals surface area contributed by atoms with Crippen LogP contribution in [0.3, 0.4) is 0 Å². The molecule has 0 saturated heterocycles. The highest BCUT2D eigenvalue weighted by atomic mass is 35.5. The number of carbonyl (C=O) groups is 2. The fourth-order valence-corrected chi connectivity index (χ4v) is 2.87. The van der Waals surface area contributed by atoms with Crippen molar-refractivity contribution in [3.8, 4) is 0 Å². The first kappa shape index (κ1) is 14.7. The number of rotatable bonds is 1. The van der Waals surface area contributed by atoms with Crippen molar-refractivity contribution in [2.75, 3.05) is 11.4 Å². The zero-order valence-corrected chi connectivity index (χ0v) is 12.7. The SMILES string of the molecule is Cc1ccc2c(c1)C(=O)CCN2C(=O)c1c(F)cccc1Cl. The van der Waals surface area contributed by atoms with Crippen LogP contribution in [-0.4, -0.2) is 18.2 Å². The van der Waals surface area contributed by atoms with E-state index in [0.29, 0.717) is 11.3 Å². The van der Waals surface area contributed by atoms with Crippen LogP contribution in [0.5, 0.6) is 0 Å². The highest BCUT2D eigenvalue weighted by molar-refractivity contribution is 6.34. The number of nitrogens with zero attached hydrogens (tertiary/aromatic N) is 1. The van der Waals surface area contributed by atoms with Crippen LogP contribution in [0.15, 0.2) is 36.4 Å². The number of amides is 1. The Morgan fingerprint density at radius 1 is 1.27 bits per heavy atom. The normalized spacial score (nSPS) is 14.0. The lowest BCUT2D eigenvalue weighted by Crippen LogP contribution is -2.38. The van der Waals surface area contributed by atoms with Crippen LogP contribution in [0.4, 0.5) is 10.1 Å². The number of carbonyl (C=O) groups excluding carboxylic acids is 2. The quantitative estimate of drug-likeness (QED) is 0.796. The van der Waals surface area contributed by atoms with Crippen molar-refractivity contribution in [3.63, 3.8) is 0 Å². The molecule has 1 aliphatic rings. The third kappa shape index (κ3) is 2.40. The van der Waals surface area contributed by atoms with E-state index in [1.807, 2.05) is 13.0 Å². The van der Waals surface area contributed by atoms with E-state index in [2.05, 4.69) is 0 Å². The van der Waals surface area contributed by atoms with Crippen molar-refractivity contribution in [1.82, 2.24) is 0 Å². The van der Waals surface area contributed by atoms with Gasteiger partial charge in [-0.15, -0.1) is 0 Å². The van der Waals surface area contributed by atoms with Gasteiger partial charge in [-0.1, -0.05) is 29.3 Å². The third-order valence-electron chi connectivity index (χ3n) is 3.73. The number of hydrogen-bond acceptors (Lipinski definition) is 2. The Morgan fingerprint density at radius 3 is 2.77 bits per heavy atom. The minimum Gasteiger partial charge on any atom is -0.307 e. The van der Waals surface area contributed by atoms with E-state index in [-0.39, 0.29) is 29.3 Å². The predicted octanol–water partition coefficient (Wildman–Crippen LogP) is 4.02. The molecule has 1 amide bonds. The molecule has 0 saturated carbocycles. The molecule has 3 nitrogen and oxygen atoms in total. The first-order valence-corrected chi connectivity index (χ1v) is 7.26. The second kappa shape index (κ2) is 5.54. The number of Topliss-reactive ketones (excluding diaryl/α,β-unsaturated/α-hetero) is 1. The maximum Gasteiger partial charge on any atom is 0.262 e. The van der Waals surface area contributed by atoms with Crippen molar-refractivity contribution in [3.05, 3.63) is 63.9 Å². The molecule has 112 valence electrons. The summed E-state index contributed by atoms with van der Waals surface area (Å²) in [5.74, 6) is -1.20. The van der Waals surface area contributed by atoms with Crippen LogP contribution in [-0.2, 0) is 0 Å². The smallest absolute Gasteiger partial charge is 0.262 e. The first-order valence-electron chi connectivity index (χ1n) is 6.89. The summed E-state index contributed by atoms with van der Waals surface area (Å²) in [6.45, 7) is 2.10. The number of fused-ring (bicyclic) bond motifs is 1. The lowest BCUT2D eigenvalue weighted by Gasteiger charge is -2.29. The summed E-state index contributed by atoms with van der Waals surface area (Å²) >= 11 is 5.97. The predicted molar refractivity (Wildman–Crippen MR) is 83.2 cm³/mol. The van der Waals surface area contributed by atoms with Crippen LogP contribution < -0.4 is 4.90 Å². The Balaban J connectivity index is 2.09. The van der Waals surface area contributed by atoms with Crippen LogP contribution in [0.1, 0.15) is 32.7 Å². The zero-order chi connectivity index (χ0) is 15.9. The number of benzene rings is 2. The third-order valence-corrected chi connectivity index (χ3v) is 4.04. The van der Waals surface area contributed by atoms with E-state index in [4.69, 9.17) is 11.6 Å². The lowest BCUT2D eigenvalue weighted by atomic mass is 9.97. The van der Waals surface area contributed by atoms with Crippen molar-refractivity contribution < 1.29 is 14.0 Å². The number of halogens is 2. The van der Waals surface area contributed by atoms with Crippen molar-refractivity contribution >= 4 is 29.0 Å². The molecule has 0 radical (unpaired) electrons. The maximum atomic E-state index is 14.0. The number of ketones is 1. The summed E-state index contributed by atoms with van der Waals surface area (Å²) in [6.07, 6.45) is 0.217. The monoisotopic (exact) mass is 317 g/mol. The van der Waals surface area contributed by atoms with Gasteiger partial charge in [-0.2, -0.15) is 0 Å². The molecule has 1 aliphatic heterocycles. The van der Waals surface area contributed by atoms with Gasteiger partial charge in [0.25, 0.3) is 5.91 Å². The summed E-state index contributed by atoms with van der Waals surface area (Å²) in [6, 6.07) is 9.41. The van der Waals surface area contributed by atoms with Gasteiger partial charge in [0.15, 0.2) is 5.78 Å². The van der Waals surface area contributed by atoms with E-state index in [9.17, 15) is 14.0 Å². The summed E-state index contributed by atoms with van der Waals surface area (Å²) in [4.78, 5) is 26.1. The van der Waals surface area contributed by atoms with Crippen LogP contribution >= 0.6 is 11.6 Å². The van der Waals surface area contributed by atoms with Gasteiger partial charge in [-0.05, 0) is 31.2 Å². The molecule has 5 heteroatoms. The van der Waals surface area contributed by atoms with Gasteiger partial charge in [-0.3, -0.25) is 9.59 Å². The van der Waals surface area contributed by atoms with Gasteiger partial charge >= 0.3 is 0 Å². The van der Waals surface area contributed by atoms with Gasteiger partial charge in [0.05, 0.1) is 16.3 Å². The minimum absolute atomic E-state index is 0.0117. The Morgan fingerprint density at radius 2 is 2.05 bits per heavy atom. The van der Waals surface area contributed by atoms with E-state index >= 15 is 0 Å². The Kier molecular flexibility index (Phi) is 3.71. The van der Waals surface area contributed by atoms with E-state index in [1.165, 1.54) is 23.1 Å². The van der Waals surface area contributed by atoms with Crippen molar-refractivity contribution in [2.24, 2.45) is 0 Å². The van der Waals surface area contributed by atoms with Gasteiger partial charge in [0, 0.05) is 18.5 Å². The second-order valence-electron chi connectivity index (χ2n) is 5.25. The molecule has 0 unspecified atom stereocenters. The van der Waals surface area contributed by atoms with Crippen molar-refractivity contribution in [1.29, 1.82) is 0 Å². The van der Waals surface area contributed by atoms with Gasteiger partial charge in [0.1, 0.15) is 5.82 Å². The number of aryl methyl sites for hydroxylation is 1. The van der Waals surface area contributed by atoms with Gasteiger partial charge < -0.3 is 4.90 Å². The van der Waals surface area contributed by atoms with Gasteiger partial charge in [0.2, 0.25) is 0 Å². The average Bonchev–Trinajstić information content (AvgIpc) is 2.48. The number of anilines is 1. The Hall–Kier alpha value is -2.20. The molecule has 0 atom stereocenters. The van der Waals surface area contributed by atoms with Crippen LogP contribution in [0, 0.1) is 12.7 Å². The molecule has 2 aromatic carbocycles. The molecule has 0 aromatic heterocycles. The maximum absolute atomic E-state index is 14.0. The molecule has 0 bridgehead atoms. The topological polar surface area (TPSA) is 37.4 Å². The molecule has 22 heavy (non-hydrogen) atoms. The molecule has 2 aromatic rings. The Labute approximate surface area is 132 Å². The zero-order valence-electron chi connectivity index (χ0n) is 11.9. The van der Waals surface area contributed by atoms with Gasteiger partial charge in [-0.25, -0.2) is 4.39 Å². The van der Waals surface area contributed by atoms with E-state index < -0.39 is 11.7 Å². The first-order chi connectivity index (χ1) is 10.5. The highest BCUT2D eigenvalue weighted by Crippen LogP contribution is 2.31. The summed E-state index contributed by atoms with van der Waals surface area (Å²) in [7, 11) is 0. The van der Waals surface area contributed by atoms with E-state index in [0.717, 1.165) is 5.56 Å². The lowest BCUT2D eigenvalue weighted by molar-refractivity contribution is 0.0953. The molecule has 0 fully saturated rings. The van der Waals surface area contributed by atoms with Crippen molar-refractivity contribution in [2.45, 2.75) is 13.3 Å². The molecule has 3 rings (SSSR count). The highest BCUT2D eigenvalue weighted by Gasteiger charge is 2.30. The minimum atomic E-state index is -0.664. The molecule has 0 spiro atoms. The molecular formula is C17H13ClFNO2. The average molecular weight is 318 g/mol. The molecule has 0 N–H and O–H groups in total. The van der Waals surface area contributed by atoms with E-state index in [1.54, 1.807) is 12.1 Å². The largest absolute Gasteiger partial charge is 0.307 e. The Bertz CT molecular complexity index is 768. The number of hydrogen-bond donors (Lipinski definition) is 0. The standard InChI is InChI=1S/C17H13ClFNO2/c1-10-5-6-14-11(9-10)15(21)7-8-20(14)17(22)16-12(18)3-2-4-13(16)19/h2-6,9H,7-8H2,1H3. The second-order valence-corrected chi connectivity index (χ2v) is 5.65. The fourth-order valence-electron chi connectivity index (χ4n) is 2.63. The summed E-state index contributed by atoms with van der Waals surface area (Å²) in [5.41, 5.74) is 1.77. The fraction of sp³-hybridized carbons (Fsp3) is 0.176.